The first kappa shape index (κ1) is 12.0. The predicted octanol–water partition coefficient (Wildman–Crippen LogP) is 2.73. The molecule has 0 fully saturated rings. The molecule has 0 saturated heterocycles. The first-order valence-electron chi connectivity index (χ1n) is 5.85. The molecule has 0 aromatic heterocycles. The molecule has 0 amide bonds. The number of methoxy groups -OCH3 is 1. The summed E-state index contributed by atoms with van der Waals surface area (Å²) in [7, 11) is 1.65. The van der Waals surface area contributed by atoms with E-state index in [0.29, 0.717) is 0 Å². The number of rotatable bonds is 3. The van der Waals surface area contributed by atoms with Gasteiger partial charge in [0.15, 0.2) is 0 Å². The molecule has 1 aliphatic heterocycles. The third-order valence-corrected chi connectivity index (χ3v) is 3.05. The van der Waals surface area contributed by atoms with Gasteiger partial charge in [-0.3, -0.25) is 0 Å². The quantitative estimate of drug-likeness (QED) is 0.874. The van der Waals surface area contributed by atoms with E-state index in [-0.39, 0.29) is 0 Å². The van der Waals surface area contributed by atoms with Crippen molar-refractivity contribution in [2.24, 2.45) is 0 Å². The molecule has 17 heavy (non-hydrogen) atoms. The van der Waals surface area contributed by atoms with E-state index in [2.05, 4.69) is 0 Å². The van der Waals surface area contributed by atoms with Crippen molar-refractivity contribution in [3.8, 4) is 5.75 Å². The lowest BCUT2D eigenvalue weighted by Crippen LogP contribution is -2.08. The summed E-state index contributed by atoms with van der Waals surface area (Å²) in [6.07, 6.45) is 2.98. The Morgan fingerprint density at radius 1 is 1.41 bits per heavy atom. The van der Waals surface area contributed by atoms with Crippen LogP contribution in [0.4, 0.5) is 0 Å². The van der Waals surface area contributed by atoms with Gasteiger partial charge in [-0.15, -0.1) is 0 Å². The standard InChI is InChI=1S/C14H18O3/c1-10-8-11(5-6-13(10)16-2)14(15)12-4-3-7-17-9-12/h5-6,8-9,14-15H,3-4,7H2,1-2H3. The van der Waals surface area contributed by atoms with Gasteiger partial charge in [-0.1, -0.05) is 6.07 Å². The minimum atomic E-state index is -0.570. The summed E-state index contributed by atoms with van der Waals surface area (Å²) in [5.41, 5.74) is 2.86. The van der Waals surface area contributed by atoms with Gasteiger partial charge in [0.25, 0.3) is 0 Å². The first-order chi connectivity index (χ1) is 8.22. The van der Waals surface area contributed by atoms with Crippen molar-refractivity contribution in [1.82, 2.24) is 0 Å². The normalized spacial score (nSPS) is 17.0. The molecule has 0 spiro atoms. The summed E-state index contributed by atoms with van der Waals surface area (Å²) in [4.78, 5) is 0. The highest BCUT2D eigenvalue weighted by Gasteiger charge is 2.17. The van der Waals surface area contributed by atoms with Gasteiger partial charge in [0.2, 0.25) is 0 Å². The third kappa shape index (κ3) is 2.61. The first-order valence-corrected chi connectivity index (χ1v) is 5.85. The van der Waals surface area contributed by atoms with Crippen molar-refractivity contribution in [2.75, 3.05) is 13.7 Å². The number of aryl methyl sites for hydroxylation is 1. The summed E-state index contributed by atoms with van der Waals surface area (Å²) in [6, 6.07) is 5.74. The molecule has 3 nitrogen and oxygen atoms in total. The Morgan fingerprint density at radius 2 is 2.24 bits per heavy atom. The molecule has 1 heterocycles. The van der Waals surface area contributed by atoms with Crippen LogP contribution in [0.15, 0.2) is 30.0 Å². The minimum absolute atomic E-state index is 0.570. The van der Waals surface area contributed by atoms with E-state index in [1.54, 1.807) is 13.4 Å². The summed E-state index contributed by atoms with van der Waals surface area (Å²) in [6.45, 7) is 2.72. The number of benzene rings is 1. The highest BCUT2D eigenvalue weighted by molar-refractivity contribution is 5.39. The zero-order chi connectivity index (χ0) is 12.3. The van der Waals surface area contributed by atoms with Gasteiger partial charge in [-0.05, 0) is 48.6 Å². The number of aliphatic hydroxyl groups excluding tert-OH is 1. The van der Waals surface area contributed by atoms with Crippen molar-refractivity contribution >= 4 is 0 Å². The van der Waals surface area contributed by atoms with E-state index in [9.17, 15) is 5.11 Å². The topological polar surface area (TPSA) is 38.7 Å². The van der Waals surface area contributed by atoms with Crippen molar-refractivity contribution in [2.45, 2.75) is 25.9 Å². The fourth-order valence-electron chi connectivity index (χ4n) is 2.07. The lowest BCUT2D eigenvalue weighted by atomic mass is 9.96. The fraction of sp³-hybridized carbons (Fsp3) is 0.429. The predicted molar refractivity (Wildman–Crippen MR) is 66.0 cm³/mol. The maximum absolute atomic E-state index is 10.2. The summed E-state index contributed by atoms with van der Waals surface area (Å²) in [5.74, 6) is 0.842. The van der Waals surface area contributed by atoms with Crippen LogP contribution in [-0.2, 0) is 4.74 Å². The highest BCUT2D eigenvalue weighted by atomic mass is 16.5. The van der Waals surface area contributed by atoms with E-state index in [4.69, 9.17) is 9.47 Å². The number of hydrogen-bond acceptors (Lipinski definition) is 3. The van der Waals surface area contributed by atoms with E-state index in [1.165, 1.54) is 0 Å². The molecule has 92 valence electrons. The van der Waals surface area contributed by atoms with Gasteiger partial charge >= 0.3 is 0 Å². The number of aliphatic hydroxyl groups is 1. The Morgan fingerprint density at radius 3 is 2.82 bits per heavy atom. The van der Waals surface area contributed by atoms with Crippen molar-refractivity contribution in [3.05, 3.63) is 41.2 Å². The van der Waals surface area contributed by atoms with E-state index in [1.807, 2.05) is 25.1 Å². The second kappa shape index (κ2) is 5.23. The fourth-order valence-corrected chi connectivity index (χ4v) is 2.07. The van der Waals surface area contributed by atoms with Gasteiger partial charge in [0.1, 0.15) is 11.9 Å². The highest BCUT2D eigenvalue weighted by Crippen LogP contribution is 2.30. The lowest BCUT2D eigenvalue weighted by Gasteiger charge is -2.19. The Balaban J connectivity index is 2.21. The molecule has 1 aliphatic rings. The lowest BCUT2D eigenvalue weighted by molar-refractivity contribution is 0.170. The van der Waals surface area contributed by atoms with E-state index >= 15 is 0 Å². The second-order valence-electron chi connectivity index (χ2n) is 4.30. The number of hydrogen-bond donors (Lipinski definition) is 1. The molecule has 0 saturated carbocycles. The molecular weight excluding hydrogens is 216 g/mol. The molecule has 1 N–H and O–H groups in total. The zero-order valence-electron chi connectivity index (χ0n) is 10.3. The van der Waals surface area contributed by atoms with Crippen molar-refractivity contribution in [1.29, 1.82) is 0 Å². The Hall–Kier alpha value is -1.48. The second-order valence-corrected chi connectivity index (χ2v) is 4.30. The van der Waals surface area contributed by atoms with Gasteiger partial charge in [-0.25, -0.2) is 0 Å². The van der Waals surface area contributed by atoms with Crippen LogP contribution in [0.1, 0.15) is 30.1 Å². The molecule has 1 unspecified atom stereocenters. The van der Waals surface area contributed by atoms with Crippen LogP contribution in [0.25, 0.3) is 0 Å². The molecule has 2 rings (SSSR count). The Kier molecular flexibility index (Phi) is 3.69. The van der Waals surface area contributed by atoms with Crippen LogP contribution in [0, 0.1) is 6.92 Å². The SMILES string of the molecule is COc1ccc(C(O)C2=COCCC2)cc1C. The van der Waals surface area contributed by atoms with Crippen LogP contribution in [0.5, 0.6) is 5.75 Å². The van der Waals surface area contributed by atoms with E-state index in [0.717, 1.165) is 41.9 Å². The molecule has 0 radical (unpaired) electrons. The molecule has 1 atom stereocenters. The molecule has 1 aromatic carbocycles. The average molecular weight is 234 g/mol. The molecule has 1 aromatic rings. The zero-order valence-corrected chi connectivity index (χ0v) is 10.3. The maximum Gasteiger partial charge on any atom is 0.121 e. The maximum atomic E-state index is 10.2. The summed E-state index contributed by atoms with van der Waals surface area (Å²) >= 11 is 0. The summed E-state index contributed by atoms with van der Waals surface area (Å²) < 4.78 is 10.5. The van der Waals surface area contributed by atoms with Crippen LogP contribution < -0.4 is 4.74 Å². The van der Waals surface area contributed by atoms with Crippen molar-refractivity contribution in [3.63, 3.8) is 0 Å². The van der Waals surface area contributed by atoms with Crippen LogP contribution in [-0.4, -0.2) is 18.8 Å². The Labute approximate surface area is 102 Å². The summed E-state index contributed by atoms with van der Waals surface area (Å²) in [5, 5.41) is 10.2. The molecule has 3 heteroatoms. The van der Waals surface area contributed by atoms with Gasteiger partial charge in [0, 0.05) is 0 Å². The largest absolute Gasteiger partial charge is 0.501 e. The smallest absolute Gasteiger partial charge is 0.121 e. The van der Waals surface area contributed by atoms with Crippen LogP contribution in [0.2, 0.25) is 0 Å². The molecule has 0 bridgehead atoms. The van der Waals surface area contributed by atoms with Crippen molar-refractivity contribution < 1.29 is 14.6 Å². The number of ether oxygens (including phenoxy) is 2. The van der Waals surface area contributed by atoms with Gasteiger partial charge in [-0.2, -0.15) is 0 Å². The van der Waals surface area contributed by atoms with Crippen LogP contribution >= 0.6 is 0 Å². The van der Waals surface area contributed by atoms with Crippen LogP contribution in [0.3, 0.4) is 0 Å². The average Bonchev–Trinajstić information content (AvgIpc) is 2.39. The van der Waals surface area contributed by atoms with Gasteiger partial charge in [0.05, 0.1) is 20.0 Å². The molecule has 0 aliphatic carbocycles. The van der Waals surface area contributed by atoms with E-state index < -0.39 is 6.10 Å². The monoisotopic (exact) mass is 234 g/mol. The minimum Gasteiger partial charge on any atom is -0.501 e. The van der Waals surface area contributed by atoms with Gasteiger partial charge < -0.3 is 14.6 Å². The Bertz CT molecular complexity index is 423. The molecular formula is C14H18O3. The third-order valence-electron chi connectivity index (χ3n) is 3.05.